The van der Waals surface area contributed by atoms with Gasteiger partial charge in [-0.05, 0) is 22.6 Å². The fraction of sp³-hybridized carbons (Fsp3) is 0.364. The summed E-state index contributed by atoms with van der Waals surface area (Å²) in [4.78, 5) is 0. The first-order chi connectivity index (χ1) is 8.75. The molecule has 18 heavy (non-hydrogen) atoms. The minimum atomic E-state index is 0.792. The van der Waals surface area contributed by atoms with E-state index in [4.69, 9.17) is 11.6 Å². The third kappa shape index (κ3) is 3.97. The summed E-state index contributed by atoms with van der Waals surface area (Å²) >= 11 is 7.59. The van der Waals surface area contributed by atoms with Gasteiger partial charge in [-0.25, -0.2) is 4.68 Å². The average molecular weight is 285 g/mol. The molecule has 0 aliphatic rings. The third-order valence-electron chi connectivity index (χ3n) is 2.40. The third-order valence-corrected chi connectivity index (χ3v) is 3.68. The lowest BCUT2D eigenvalue weighted by Crippen LogP contribution is -2.83. The van der Waals surface area contributed by atoms with Gasteiger partial charge < -0.3 is 5.32 Å². The molecule has 2 rings (SSSR count). The number of halogens is 1. The van der Waals surface area contributed by atoms with Crippen molar-refractivity contribution in [2.24, 2.45) is 7.05 Å². The van der Waals surface area contributed by atoms with Crippen molar-refractivity contribution in [2.45, 2.75) is 11.7 Å². The van der Waals surface area contributed by atoms with Crippen molar-refractivity contribution in [1.29, 1.82) is 0 Å². The Hall–Kier alpha value is -1.11. The molecule has 0 aliphatic carbocycles. The fourth-order valence-corrected chi connectivity index (χ4v) is 2.51. The first kappa shape index (κ1) is 13.3. The van der Waals surface area contributed by atoms with Gasteiger partial charge in [-0.3, -0.25) is 0 Å². The molecule has 0 radical (unpaired) electrons. The molecule has 1 heterocycles. The molecule has 0 saturated heterocycles. The molecule has 1 aromatic carbocycles. The summed E-state index contributed by atoms with van der Waals surface area (Å²) in [5.74, 6) is 0.981. The van der Waals surface area contributed by atoms with E-state index in [9.17, 15) is 0 Å². The van der Waals surface area contributed by atoms with Crippen LogP contribution in [-0.4, -0.2) is 32.5 Å². The number of hydrogen-bond donors (Lipinski definition) is 1. The highest BCUT2D eigenvalue weighted by Gasteiger charge is 2.03. The molecular formula is C11H15ClN5S+. The molecule has 0 spiro atoms. The predicted molar refractivity (Wildman–Crippen MR) is 71.5 cm³/mol. The first-order valence-electron chi connectivity index (χ1n) is 5.67. The summed E-state index contributed by atoms with van der Waals surface area (Å²) in [5.41, 5.74) is 1.24. The lowest BCUT2D eigenvalue weighted by molar-refractivity contribution is -0.666. The number of benzene rings is 1. The van der Waals surface area contributed by atoms with Gasteiger partial charge in [-0.15, -0.1) is 5.10 Å². The van der Waals surface area contributed by atoms with Crippen molar-refractivity contribution in [1.82, 2.24) is 20.2 Å². The van der Waals surface area contributed by atoms with E-state index in [0.717, 1.165) is 29.0 Å². The van der Waals surface area contributed by atoms with E-state index in [1.165, 1.54) is 5.56 Å². The van der Waals surface area contributed by atoms with Gasteiger partial charge in [0.25, 0.3) is 0 Å². The maximum atomic E-state index is 5.93. The monoisotopic (exact) mass is 284 g/mol. The van der Waals surface area contributed by atoms with E-state index < -0.39 is 0 Å². The second kappa shape index (κ2) is 6.72. The Morgan fingerprint density at radius 1 is 1.44 bits per heavy atom. The average Bonchev–Trinajstić information content (AvgIpc) is 2.75. The molecule has 5 nitrogen and oxygen atoms in total. The van der Waals surface area contributed by atoms with Crippen LogP contribution in [0.3, 0.4) is 0 Å². The first-order valence-corrected chi connectivity index (χ1v) is 7.03. The van der Waals surface area contributed by atoms with Crippen LogP contribution in [0.15, 0.2) is 29.4 Å². The largest absolute Gasteiger partial charge is 0.342 e. The van der Waals surface area contributed by atoms with Crippen LogP contribution in [0.1, 0.15) is 5.56 Å². The Morgan fingerprint density at radius 2 is 2.33 bits per heavy atom. The van der Waals surface area contributed by atoms with E-state index in [-0.39, 0.29) is 0 Å². The van der Waals surface area contributed by atoms with Gasteiger partial charge >= 0.3 is 0 Å². The van der Waals surface area contributed by atoms with Crippen LogP contribution in [0.5, 0.6) is 0 Å². The van der Waals surface area contributed by atoms with E-state index >= 15 is 0 Å². The molecule has 2 aromatic rings. The van der Waals surface area contributed by atoms with Crippen molar-refractivity contribution < 1.29 is 5.32 Å². The maximum absolute atomic E-state index is 5.93. The Kier molecular flexibility index (Phi) is 4.98. The molecule has 0 aliphatic heterocycles. The summed E-state index contributed by atoms with van der Waals surface area (Å²) in [7, 11) is 1.85. The van der Waals surface area contributed by atoms with E-state index in [0.29, 0.717) is 0 Å². The highest BCUT2D eigenvalue weighted by molar-refractivity contribution is 7.99. The summed E-state index contributed by atoms with van der Waals surface area (Å²) in [5, 5.41) is 15.2. The zero-order valence-corrected chi connectivity index (χ0v) is 11.7. The van der Waals surface area contributed by atoms with Crippen molar-refractivity contribution in [3.8, 4) is 0 Å². The standard InChI is InChI=1S/C11H14ClN5S/c1-17-11(14-15-16-17)18-6-5-13-8-9-3-2-4-10(12)7-9/h2-4,7,13H,5-6,8H2,1H3/p+1. The molecule has 96 valence electrons. The number of nitrogens with zero attached hydrogens (tertiary/aromatic N) is 4. The summed E-state index contributed by atoms with van der Waals surface area (Å²) in [6.07, 6.45) is 0. The molecule has 2 N–H and O–H groups in total. The van der Waals surface area contributed by atoms with Crippen LogP contribution < -0.4 is 5.32 Å². The Bertz CT molecular complexity index is 502. The predicted octanol–water partition coefficient (Wildman–Crippen LogP) is 0.719. The van der Waals surface area contributed by atoms with Gasteiger partial charge in [0.1, 0.15) is 6.54 Å². The van der Waals surface area contributed by atoms with E-state index in [1.54, 1.807) is 16.4 Å². The van der Waals surface area contributed by atoms with Gasteiger partial charge in [-0.1, -0.05) is 35.5 Å². The Labute approximate surface area is 115 Å². The minimum absolute atomic E-state index is 0.792. The number of aromatic nitrogens is 4. The number of aryl methyl sites for hydroxylation is 1. The molecule has 0 atom stereocenters. The summed E-state index contributed by atoms with van der Waals surface area (Å²) in [6, 6.07) is 7.95. The van der Waals surface area contributed by atoms with Crippen molar-refractivity contribution in [3.05, 3.63) is 34.9 Å². The van der Waals surface area contributed by atoms with Crippen LogP contribution in [-0.2, 0) is 13.6 Å². The van der Waals surface area contributed by atoms with Gasteiger partial charge in [0.15, 0.2) is 0 Å². The van der Waals surface area contributed by atoms with Gasteiger partial charge in [0.2, 0.25) is 5.16 Å². The number of thioether (sulfide) groups is 1. The Morgan fingerprint density at radius 3 is 3.06 bits per heavy atom. The normalized spacial score (nSPS) is 10.8. The van der Waals surface area contributed by atoms with Crippen LogP contribution in [0.25, 0.3) is 0 Å². The second-order valence-electron chi connectivity index (χ2n) is 3.84. The number of nitrogens with two attached hydrogens (primary N) is 1. The number of quaternary nitrogens is 1. The summed E-state index contributed by atoms with van der Waals surface area (Å²) in [6.45, 7) is 1.96. The molecule has 7 heteroatoms. The highest BCUT2D eigenvalue weighted by Crippen LogP contribution is 2.10. The molecule has 0 unspecified atom stereocenters. The van der Waals surface area contributed by atoms with Gasteiger partial charge in [-0.2, -0.15) is 0 Å². The maximum Gasteiger partial charge on any atom is 0.209 e. The quantitative estimate of drug-likeness (QED) is 0.627. The number of hydrogen-bond acceptors (Lipinski definition) is 4. The van der Waals surface area contributed by atoms with Crippen molar-refractivity contribution in [3.63, 3.8) is 0 Å². The SMILES string of the molecule is Cn1nnnc1SCC[NH2+]Cc1cccc(Cl)c1. The van der Waals surface area contributed by atoms with Gasteiger partial charge in [0.05, 0.1) is 12.3 Å². The smallest absolute Gasteiger partial charge is 0.209 e. The number of rotatable bonds is 6. The highest BCUT2D eigenvalue weighted by atomic mass is 35.5. The molecule has 0 fully saturated rings. The minimum Gasteiger partial charge on any atom is -0.342 e. The molecule has 0 saturated carbocycles. The van der Waals surface area contributed by atoms with Gasteiger partial charge in [0, 0.05) is 17.6 Å². The number of tetrazole rings is 1. The van der Waals surface area contributed by atoms with Crippen molar-refractivity contribution in [2.75, 3.05) is 12.3 Å². The van der Waals surface area contributed by atoms with Crippen molar-refractivity contribution >= 4 is 23.4 Å². The van der Waals surface area contributed by atoms with Crippen LogP contribution in [0, 0.1) is 0 Å². The zero-order valence-electron chi connectivity index (χ0n) is 10.1. The molecular weight excluding hydrogens is 270 g/mol. The van der Waals surface area contributed by atoms with Crippen LogP contribution in [0.4, 0.5) is 0 Å². The molecule has 1 aromatic heterocycles. The topological polar surface area (TPSA) is 60.2 Å². The summed E-state index contributed by atoms with van der Waals surface area (Å²) < 4.78 is 1.68. The zero-order chi connectivity index (χ0) is 12.8. The fourth-order valence-electron chi connectivity index (χ4n) is 1.51. The molecule has 0 amide bonds. The second-order valence-corrected chi connectivity index (χ2v) is 5.34. The van der Waals surface area contributed by atoms with E-state index in [1.807, 2.05) is 25.2 Å². The van der Waals surface area contributed by atoms with Crippen LogP contribution >= 0.6 is 23.4 Å². The van der Waals surface area contributed by atoms with Crippen LogP contribution in [0.2, 0.25) is 5.02 Å². The molecule has 0 bridgehead atoms. The van der Waals surface area contributed by atoms with E-state index in [2.05, 4.69) is 26.9 Å². The Balaban J connectivity index is 1.66. The lowest BCUT2D eigenvalue weighted by Gasteiger charge is -2.02. The lowest BCUT2D eigenvalue weighted by atomic mass is 10.2.